The summed E-state index contributed by atoms with van der Waals surface area (Å²) in [6, 6.07) is -1.00. The number of carbonyl (C=O) groups excluding carboxylic acids is 2. The van der Waals surface area contributed by atoms with E-state index in [-0.39, 0.29) is 11.6 Å². The van der Waals surface area contributed by atoms with Crippen LogP contribution in [0.2, 0.25) is 0 Å². The lowest BCUT2D eigenvalue weighted by Gasteiger charge is -2.22. The molecule has 1 atom stereocenters. The van der Waals surface area contributed by atoms with E-state index in [1.165, 1.54) is 0 Å². The third kappa shape index (κ3) is 6.76. The summed E-state index contributed by atoms with van der Waals surface area (Å²) < 4.78 is 4.75. The van der Waals surface area contributed by atoms with Gasteiger partial charge in [0.2, 0.25) is 0 Å². The number of ether oxygens (including phenoxy) is 1. The number of amides is 2. The molecule has 0 spiro atoms. The van der Waals surface area contributed by atoms with E-state index in [0.717, 1.165) is 0 Å². The molecule has 0 heterocycles. The lowest BCUT2D eigenvalue weighted by Crippen LogP contribution is -2.51. The van der Waals surface area contributed by atoms with Crippen molar-refractivity contribution in [2.45, 2.75) is 46.2 Å². The first-order valence-electron chi connectivity index (χ1n) is 5.01. The van der Waals surface area contributed by atoms with Crippen LogP contribution < -0.4 is 10.6 Å². The van der Waals surface area contributed by atoms with Gasteiger partial charge >= 0.3 is 12.0 Å². The smallest absolute Gasteiger partial charge is 0.328 e. The molecule has 2 amide bonds. The Hall–Kier alpha value is -1.26. The van der Waals surface area contributed by atoms with E-state index in [4.69, 9.17) is 4.74 Å². The molecule has 1 unspecified atom stereocenters. The lowest BCUT2D eigenvalue weighted by molar-refractivity contribution is -0.144. The quantitative estimate of drug-likeness (QED) is 0.692. The Labute approximate surface area is 90.6 Å². The molecule has 0 aromatic heterocycles. The Bertz CT molecular complexity index is 233. The molecule has 2 N–H and O–H groups in total. The van der Waals surface area contributed by atoms with Crippen molar-refractivity contribution in [3.8, 4) is 0 Å². The Kier molecular flexibility index (Phi) is 5.11. The van der Waals surface area contributed by atoms with Gasteiger partial charge in [-0.15, -0.1) is 0 Å². The molecule has 0 aliphatic carbocycles. The third-order valence-corrected chi connectivity index (χ3v) is 1.48. The van der Waals surface area contributed by atoms with Crippen LogP contribution >= 0.6 is 0 Å². The van der Waals surface area contributed by atoms with E-state index in [1.807, 2.05) is 20.8 Å². The van der Waals surface area contributed by atoms with Gasteiger partial charge in [0.05, 0.1) is 6.61 Å². The summed E-state index contributed by atoms with van der Waals surface area (Å²) in [4.78, 5) is 22.5. The predicted molar refractivity (Wildman–Crippen MR) is 57.5 cm³/mol. The molecule has 0 fully saturated rings. The van der Waals surface area contributed by atoms with Gasteiger partial charge in [0, 0.05) is 5.54 Å². The summed E-state index contributed by atoms with van der Waals surface area (Å²) in [6.45, 7) is 9.21. The van der Waals surface area contributed by atoms with Crippen molar-refractivity contribution < 1.29 is 14.3 Å². The topological polar surface area (TPSA) is 67.4 Å². The molecule has 5 nitrogen and oxygen atoms in total. The SMILES string of the molecule is CCOC(=O)C(C)NC(=O)NC(C)(C)C. The van der Waals surface area contributed by atoms with E-state index in [9.17, 15) is 9.59 Å². The monoisotopic (exact) mass is 216 g/mol. The Morgan fingerprint density at radius 2 is 1.87 bits per heavy atom. The van der Waals surface area contributed by atoms with Crippen LogP contribution in [0, 0.1) is 0 Å². The van der Waals surface area contributed by atoms with Crippen LogP contribution in [-0.4, -0.2) is 30.2 Å². The number of hydrogen-bond acceptors (Lipinski definition) is 3. The predicted octanol–water partition coefficient (Wildman–Crippen LogP) is 1.04. The number of nitrogens with one attached hydrogen (secondary N) is 2. The van der Waals surface area contributed by atoms with Gasteiger partial charge in [-0.3, -0.25) is 0 Å². The fourth-order valence-electron chi connectivity index (χ4n) is 0.900. The normalized spacial score (nSPS) is 12.9. The number of rotatable bonds is 3. The fraction of sp³-hybridized carbons (Fsp3) is 0.800. The highest BCUT2D eigenvalue weighted by atomic mass is 16.5. The van der Waals surface area contributed by atoms with Gasteiger partial charge in [0.25, 0.3) is 0 Å². The summed E-state index contributed by atoms with van der Waals surface area (Å²) in [5.74, 6) is -0.429. The van der Waals surface area contributed by atoms with Crippen LogP contribution in [-0.2, 0) is 9.53 Å². The maximum absolute atomic E-state index is 11.3. The van der Waals surface area contributed by atoms with Crippen molar-refractivity contribution in [2.75, 3.05) is 6.61 Å². The highest BCUT2D eigenvalue weighted by molar-refractivity contribution is 5.83. The summed E-state index contributed by atoms with van der Waals surface area (Å²) in [6.07, 6.45) is 0. The van der Waals surface area contributed by atoms with Gasteiger partial charge in [-0.05, 0) is 34.6 Å². The number of carbonyl (C=O) groups is 2. The highest BCUT2D eigenvalue weighted by Gasteiger charge is 2.19. The van der Waals surface area contributed by atoms with Gasteiger partial charge < -0.3 is 15.4 Å². The number of esters is 1. The maximum atomic E-state index is 11.3. The van der Waals surface area contributed by atoms with E-state index < -0.39 is 12.0 Å². The minimum absolute atomic E-state index is 0.311. The van der Waals surface area contributed by atoms with Crippen LogP contribution in [0.1, 0.15) is 34.6 Å². The molecule has 15 heavy (non-hydrogen) atoms. The molecule has 5 heteroatoms. The Morgan fingerprint density at radius 1 is 1.33 bits per heavy atom. The highest BCUT2D eigenvalue weighted by Crippen LogP contribution is 1.98. The molecule has 0 aliphatic heterocycles. The second-order valence-corrected chi connectivity index (χ2v) is 4.32. The van der Waals surface area contributed by atoms with E-state index in [1.54, 1.807) is 13.8 Å². The summed E-state index contributed by atoms with van der Waals surface area (Å²) in [5, 5.41) is 5.19. The number of hydrogen-bond donors (Lipinski definition) is 2. The average molecular weight is 216 g/mol. The van der Waals surface area contributed by atoms with Gasteiger partial charge in [-0.1, -0.05) is 0 Å². The molecular formula is C10H20N2O3. The Morgan fingerprint density at radius 3 is 2.27 bits per heavy atom. The summed E-state index contributed by atoms with van der Waals surface area (Å²) in [7, 11) is 0. The Balaban J connectivity index is 4.02. The standard InChI is InChI=1S/C10H20N2O3/c1-6-15-8(13)7(2)11-9(14)12-10(3,4)5/h7H,6H2,1-5H3,(H2,11,12,14). The summed E-state index contributed by atoms with van der Waals surface area (Å²) >= 11 is 0. The van der Waals surface area contributed by atoms with Crippen molar-refractivity contribution >= 4 is 12.0 Å². The molecule has 0 saturated carbocycles. The van der Waals surface area contributed by atoms with Crippen molar-refractivity contribution in [3.05, 3.63) is 0 Å². The molecule has 0 bridgehead atoms. The van der Waals surface area contributed by atoms with Crippen LogP contribution in [0.3, 0.4) is 0 Å². The van der Waals surface area contributed by atoms with Crippen LogP contribution in [0.4, 0.5) is 4.79 Å². The molecule has 0 radical (unpaired) electrons. The second kappa shape index (κ2) is 5.58. The second-order valence-electron chi connectivity index (χ2n) is 4.32. The third-order valence-electron chi connectivity index (χ3n) is 1.48. The first-order valence-corrected chi connectivity index (χ1v) is 5.01. The molecule has 0 aromatic carbocycles. The van der Waals surface area contributed by atoms with Gasteiger partial charge in [0.15, 0.2) is 0 Å². The van der Waals surface area contributed by atoms with E-state index >= 15 is 0 Å². The minimum Gasteiger partial charge on any atom is -0.464 e. The minimum atomic E-state index is -0.632. The fourth-order valence-corrected chi connectivity index (χ4v) is 0.900. The lowest BCUT2D eigenvalue weighted by atomic mass is 10.1. The molecule has 0 rings (SSSR count). The largest absolute Gasteiger partial charge is 0.464 e. The van der Waals surface area contributed by atoms with Crippen LogP contribution in [0.15, 0.2) is 0 Å². The zero-order chi connectivity index (χ0) is 12.1. The van der Waals surface area contributed by atoms with Gasteiger partial charge in [-0.2, -0.15) is 0 Å². The van der Waals surface area contributed by atoms with E-state index in [0.29, 0.717) is 6.61 Å². The molecule has 0 saturated heterocycles. The average Bonchev–Trinajstić information content (AvgIpc) is 2.00. The van der Waals surface area contributed by atoms with Gasteiger partial charge in [0.1, 0.15) is 6.04 Å². The zero-order valence-electron chi connectivity index (χ0n) is 10.0. The van der Waals surface area contributed by atoms with Crippen molar-refractivity contribution in [1.82, 2.24) is 10.6 Å². The van der Waals surface area contributed by atoms with Crippen molar-refractivity contribution in [3.63, 3.8) is 0 Å². The summed E-state index contributed by atoms with van der Waals surface area (Å²) in [5.41, 5.74) is -0.321. The zero-order valence-corrected chi connectivity index (χ0v) is 10.0. The van der Waals surface area contributed by atoms with Crippen molar-refractivity contribution in [2.24, 2.45) is 0 Å². The first-order chi connectivity index (χ1) is 6.76. The molecule has 0 aromatic rings. The molecule has 88 valence electrons. The maximum Gasteiger partial charge on any atom is 0.328 e. The number of urea groups is 1. The van der Waals surface area contributed by atoms with Crippen LogP contribution in [0.5, 0.6) is 0 Å². The van der Waals surface area contributed by atoms with Gasteiger partial charge in [-0.25, -0.2) is 9.59 Å². The van der Waals surface area contributed by atoms with Crippen molar-refractivity contribution in [1.29, 1.82) is 0 Å². The van der Waals surface area contributed by atoms with E-state index in [2.05, 4.69) is 10.6 Å². The van der Waals surface area contributed by atoms with Crippen LogP contribution in [0.25, 0.3) is 0 Å². The molecule has 0 aliphatic rings. The molecular weight excluding hydrogens is 196 g/mol. The first kappa shape index (κ1) is 13.7.